The van der Waals surface area contributed by atoms with Crippen LogP contribution in [0, 0.1) is 0 Å². The lowest BCUT2D eigenvalue weighted by Crippen LogP contribution is -2.37. The van der Waals surface area contributed by atoms with E-state index in [1.54, 1.807) is 0 Å². The normalized spacial score (nSPS) is 9.83. The lowest BCUT2D eigenvalue weighted by atomic mass is 10.2. The van der Waals surface area contributed by atoms with E-state index < -0.39 is 5.97 Å². The van der Waals surface area contributed by atoms with Gasteiger partial charge in [-0.15, -0.1) is 0 Å². The number of nitrogens with two attached hydrogens (primary N) is 1. The van der Waals surface area contributed by atoms with Gasteiger partial charge in [0, 0.05) is 19.4 Å². The number of carboxylic acids is 1. The van der Waals surface area contributed by atoms with Crippen molar-refractivity contribution in [3.05, 3.63) is 0 Å². The van der Waals surface area contributed by atoms with E-state index in [0.717, 1.165) is 12.8 Å². The van der Waals surface area contributed by atoms with E-state index >= 15 is 0 Å². The molecular weight excluding hydrogens is 238 g/mol. The quantitative estimate of drug-likeness (QED) is 0.383. The molecule has 0 bridgehead atoms. The first-order valence-corrected chi connectivity index (χ1v) is 6.01. The van der Waals surface area contributed by atoms with Crippen molar-refractivity contribution in [2.45, 2.75) is 32.1 Å². The van der Waals surface area contributed by atoms with E-state index in [4.69, 9.17) is 10.8 Å². The maximum Gasteiger partial charge on any atom is 0.303 e. The van der Waals surface area contributed by atoms with Crippen LogP contribution in [0.15, 0.2) is 0 Å². The molecule has 0 aromatic carbocycles. The number of carbonyl (C=O) groups is 3. The Morgan fingerprint density at radius 2 is 1.67 bits per heavy atom. The molecule has 0 saturated heterocycles. The zero-order valence-electron chi connectivity index (χ0n) is 10.4. The van der Waals surface area contributed by atoms with Gasteiger partial charge in [0.2, 0.25) is 11.8 Å². The van der Waals surface area contributed by atoms with Crippen molar-refractivity contribution in [1.82, 2.24) is 10.6 Å². The summed E-state index contributed by atoms with van der Waals surface area (Å²) in [5, 5.41) is 13.5. The Kier molecular flexibility index (Phi) is 9.57. The molecule has 0 aliphatic rings. The lowest BCUT2D eigenvalue weighted by Gasteiger charge is -2.06. The van der Waals surface area contributed by atoms with Gasteiger partial charge in [-0.3, -0.25) is 14.4 Å². The molecule has 7 heteroatoms. The number of unbranched alkanes of at least 4 members (excludes halogenated alkanes) is 1. The highest BCUT2D eigenvalue weighted by Gasteiger charge is 2.06. The molecule has 0 radical (unpaired) electrons. The number of hydrogen-bond acceptors (Lipinski definition) is 4. The SMILES string of the molecule is NCCCCNC(=O)CNC(=O)CCCC(=O)O. The Hall–Kier alpha value is -1.63. The molecule has 0 aromatic rings. The smallest absolute Gasteiger partial charge is 0.303 e. The van der Waals surface area contributed by atoms with Gasteiger partial charge in [0.05, 0.1) is 6.54 Å². The first-order chi connectivity index (χ1) is 8.56. The Balaban J connectivity index is 3.47. The van der Waals surface area contributed by atoms with Crippen LogP contribution in [0.25, 0.3) is 0 Å². The van der Waals surface area contributed by atoms with E-state index in [-0.39, 0.29) is 37.6 Å². The largest absolute Gasteiger partial charge is 0.481 e. The van der Waals surface area contributed by atoms with Crippen LogP contribution in [-0.2, 0) is 14.4 Å². The molecule has 104 valence electrons. The molecule has 0 aliphatic heterocycles. The minimum atomic E-state index is -0.930. The molecule has 0 heterocycles. The van der Waals surface area contributed by atoms with Gasteiger partial charge in [-0.2, -0.15) is 0 Å². The summed E-state index contributed by atoms with van der Waals surface area (Å²) in [5.41, 5.74) is 5.30. The number of aliphatic carboxylic acids is 1. The topological polar surface area (TPSA) is 122 Å². The Morgan fingerprint density at radius 3 is 2.28 bits per heavy atom. The van der Waals surface area contributed by atoms with Gasteiger partial charge in [0.1, 0.15) is 0 Å². The van der Waals surface area contributed by atoms with Crippen LogP contribution >= 0.6 is 0 Å². The van der Waals surface area contributed by atoms with E-state index in [2.05, 4.69) is 10.6 Å². The third kappa shape index (κ3) is 10.9. The van der Waals surface area contributed by atoms with Crippen LogP contribution in [0.4, 0.5) is 0 Å². The van der Waals surface area contributed by atoms with Gasteiger partial charge in [0.15, 0.2) is 0 Å². The fraction of sp³-hybridized carbons (Fsp3) is 0.727. The van der Waals surface area contributed by atoms with E-state index in [1.807, 2.05) is 0 Å². The first kappa shape index (κ1) is 16.4. The number of amides is 2. The van der Waals surface area contributed by atoms with Crippen LogP contribution in [0.3, 0.4) is 0 Å². The van der Waals surface area contributed by atoms with Crippen LogP contribution < -0.4 is 16.4 Å². The van der Waals surface area contributed by atoms with Crippen LogP contribution in [0.2, 0.25) is 0 Å². The molecule has 18 heavy (non-hydrogen) atoms. The molecule has 0 saturated carbocycles. The summed E-state index contributed by atoms with van der Waals surface area (Å²) in [7, 11) is 0. The second kappa shape index (κ2) is 10.5. The zero-order valence-corrected chi connectivity index (χ0v) is 10.4. The van der Waals surface area contributed by atoms with E-state index in [0.29, 0.717) is 13.1 Å². The van der Waals surface area contributed by atoms with E-state index in [9.17, 15) is 14.4 Å². The summed E-state index contributed by atoms with van der Waals surface area (Å²) in [4.78, 5) is 32.7. The van der Waals surface area contributed by atoms with Crippen LogP contribution in [0.5, 0.6) is 0 Å². The molecule has 0 aromatic heterocycles. The minimum absolute atomic E-state index is 0.0430. The summed E-state index contributed by atoms with van der Waals surface area (Å²) in [6.07, 6.45) is 2.02. The molecule has 0 rings (SSSR count). The van der Waals surface area contributed by atoms with Crippen molar-refractivity contribution in [3.8, 4) is 0 Å². The van der Waals surface area contributed by atoms with Gasteiger partial charge < -0.3 is 21.5 Å². The number of hydrogen-bond donors (Lipinski definition) is 4. The van der Waals surface area contributed by atoms with E-state index in [1.165, 1.54) is 0 Å². The second-order valence-corrected chi connectivity index (χ2v) is 3.87. The number of carbonyl (C=O) groups excluding carboxylic acids is 2. The summed E-state index contributed by atoms with van der Waals surface area (Å²) in [6, 6.07) is 0. The number of rotatable bonds is 10. The van der Waals surface area contributed by atoms with Crippen molar-refractivity contribution in [2.75, 3.05) is 19.6 Å². The van der Waals surface area contributed by atoms with Gasteiger partial charge in [-0.1, -0.05) is 0 Å². The van der Waals surface area contributed by atoms with Gasteiger partial charge in [-0.05, 0) is 25.8 Å². The number of nitrogens with one attached hydrogen (secondary N) is 2. The van der Waals surface area contributed by atoms with Crippen molar-refractivity contribution in [2.24, 2.45) is 5.73 Å². The maximum atomic E-state index is 11.2. The molecule has 0 unspecified atom stereocenters. The maximum absolute atomic E-state index is 11.2. The Labute approximate surface area is 106 Å². The molecule has 2 amide bonds. The van der Waals surface area contributed by atoms with Gasteiger partial charge in [0.25, 0.3) is 0 Å². The Bertz CT molecular complexity index is 281. The third-order valence-electron chi connectivity index (χ3n) is 2.19. The highest BCUT2D eigenvalue weighted by Crippen LogP contribution is 1.94. The van der Waals surface area contributed by atoms with Crippen molar-refractivity contribution >= 4 is 17.8 Å². The van der Waals surface area contributed by atoms with Crippen molar-refractivity contribution in [3.63, 3.8) is 0 Å². The minimum Gasteiger partial charge on any atom is -0.481 e. The third-order valence-corrected chi connectivity index (χ3v) is 2.19. The number of carboxylic acid groups (broad SMARTS) is 1. The fourth-order valence-electron chi connectivity index (χ4n) is 1.23. The van der Waals surface area contributed by atoms with Crippen molar-refractivity contribution in [1.29, 1.82) is 0 Å². The lowest BCUT2D eigenvalue weighted by molar-refractivity contribution is -0.137. The second-order valence-electron chi connectivity index (χ2n) is 3.87. The predicted octanol–water partition coefficient (Wildman–Crippen LogP) is -0.787. The average molecular weight is 259 g/mol. The molecule has 0 aliphatic carbocycles. The zero-order chi connectivity index (χ0) is 13.8. The van der Waals surface area contributed by atoms with Crippen LogP contribution in [-0.4, -0.2) is 42.5 Å². The molecule has 0 fully saturated rings. The fourth-order valence-corrected chi connectivity index (χ4v) is 1.23. The molecule has 0 atom stereocenters. The predicted molar refractivity (Wildman–Crippen MR) is 65.8 cm³/mol. The molecule has 5 N–H and O–H groups in total. The highest BCUT2D eigenvalue weighted by molar-refractivity contribution is 5.84. The summed E-state index contributed by atoms with van der Waals surface area (Å²) < 4.78 is 0. The summed E-state index contributed by atoms with van der Waals surface area (Å²) in [6.45, 7) is 1.07. The summed E-state index contributed by atoms with van der Waals surface area (Å²) >= 11 is 0. The van der Waals surface area contributed by atoms with Crippen LogP contribution in [0.1, 0.15) is 32.1 Å². The van der Waals surface area contributed by atoms with Gasteiger partial charge >= 0.3 is 5.97 Å². The monoisotopic (exact) mass is 259 g/mol. The van der Waals surface area contributed by atoms with Gasteiger partial charge in [-0.25, -0.2) is 0 Å². The summed E-state index contributed by atoms with van der Waals surface area (Å²) in [5.74, 6) is -1.49. The average Bonchev–Trinajstić information content (AvgIpc) is 2.31. The highest BCUT2D eigenvalue weighted by atomic mass is 16.4. The standard InChI is InChI=1S/C11H21N3O4/c12-6-1-2-7-13-10(16)8-14-9(15)4-3-5-11(17)18/h1-8,12H2,(H,13,16)(H,14,15)(H,17,18). The first-order valence-electron chi connectivity index (χ1n) is 6.01. The van der Waals surface area contributed by atoms with Crippen molar-refractivity contribution < 1.29 is 19.5 Å². The Morgan fingerprint density at radius 1 is 0.944 bits per heavy atom. The molecule has 7 nitrogen and oxygen atoms in total. The molecular formula is C11H21N3O4. The molecule has 0 spiro atoms.